The Balaban J connectivity index is 2.47. The third-order valence-electron chi connectivity index (χ3n) is 19.3. The number of nitrogens with zero attached hydrogens (tertiary/aromatic N) is 4. The number of piperazine rings is 1. The molecule has 1 saturated heterocycles. The van der Waals surface area contributed by atoms with Gasteiger partial charge in [-0.2, -0.15) is 0 Å². The molecule has 1 heterocycles. The third kappa shape index (κ3) is 70.1. The maximum Gasteiger partial charge on any atom is 0.305 e. The summed E-state index contributed by atoms with van der Waals surface area (Å²) in [5, 5.41) is 44.8. The van der Waals surface area contributed by atoms with Crippen LogP contribution in [0.4, 0.5) is 0 Å². The van der Waals surface area contributed by atoms with E-state index in [0.717, 1.165) is 186 Å². The predicted molar refractivity (Wildman–Crippen MR) is 443 cm³/mol. The standard InChI is InChI=1S/C88H162N4O6S2/c1-5-9-13-17-21-25-29-33-37-41-45-49-53-57-64-84(93)80-91(81-85(94)65-58-54-50-46-42-38-34-30-26-22-18-14-10-6-2)69-61-62-78-99-100-79-76-90-73-71-89(72-74-90)75-77-98-88(97)68-63-70-92(82-86(95)66-59-55-51-47-43-39-35-31-27-23-19-15-11-7-3)83-87(96)67-60-56-52-48-44-40-36-32-28-24-20-16-12-8-4/h21-28,33-40,84-87,93-96H,5-20,29-32,41-83H2,1-4H3/b25-21-,26-22-,27-23-,28-24-,37-33-,38-34-,39-35-,40-36-. The molecule has 0 aromatic carbocycles. The summed E-state index contributed by atoms with van der Waals surface area (Å²) in [5.41, 5.74) is 0. The van der Waals surface area contributed by atoms with Crippen molar-refractivity contribution in [2.75, 3.05) is 96.6 Å². The van der Waals surface area contributed by atoms with Crippen molar-refractivity contribution in [3.8, 4) is 0 Å². The molecule has 4 unspecified atom stereocenters. The third-order valence-corrected chi connectivity index (χ3v) is 21.8. The van der Waals surface area contributed by atoms with Gasteiger partial charge in [0, 0.05) is 83.4 Å². The summed E-state index contributed by atoms with van der Waals surface area (Å²) < 4.78 is 5.78. The van der Waals surface area contributed by atoms with Crippen LogP contribution in [-0.2, 0) is 9.53 Å². The van der Waals surface area contributed by atoms with Gasteiger partial charge in [0.1, 0.15) is 6.61 Å². The van der Waals surface area contributed by atoms with E-state index >= 15 is 0 Å². The number of carbonyl (C=O) groups is 1. The highest BCUT2D eigenvalue weighted by molar-refractivity contribution is 8.76. The van der Waals surface area contributed by atoms with Gasteiger partial charge < -0.3 is 25.2 Å². The van der Waals surface area contributed by atoms with E-state index in [1.165, 1.54) is 167 Å². The van der Waals surface area contributed by atoms with Gasteiger partial charge in [-0.15, -0.1) is 0 Å². The fourth-order valence-corrected chi connectivity index (χ4v) is 15.1. The second kappa shape index (κ2) is 77.9. The molecule has 0 saturated carbocycles. The van der Waals surface area contributed by atoms with E-state index in [1.54, 1.807) is 0 Å². The molecule has 100 heavy (non-hydrogen) atoms. The zero-order valence-electron chi connectivity index (χ0n) is 65.8. The van der Waals surface area contributed by atoms with Crippen LogP contribution in [0.2, 0.25) is 0 Å². The zero-order chi connectivity index (χ0) is 72.2. The highest BCUT2D eigenvalue weighted by atomic mass is 33.1. The molecular formula is C88H162N4O6S2. The average molecular weight is 1440 g/mol. The first kappa shape index (κ1) is 95.8. The van der Waals surface area contributed by atoms with E-state index in [1.807, 2.05) is 21.6 Å². The van der Waals surface area contributed by atoms with Crippen LogP contribution in [0.1, 0.15) is 336 Å². The maximum atomic E-state index is 13.0. The van der Waals surface area contributed by atoms with Gasteiger partial charge in [-0.25, -0.2) is 0 Å². The van der Waals surface area contributed by atoms with E-state index in [-0.39, 0.29) is 18.2 Å². The first-order valence-corrected chi connectivity index (χ1v) is 44.9. The van der Waals surface area contributed by atoms with Crippen molar-refractivity contribution in [3.05, 3.63) is 97.2 Å². The number of aliphatic hydroxyl groups excluding tert-OH is 4. The Morgan fingerprint density at radius 1 is 0.340 bits per heavy atom. The summed E-state index contributed by atoms with van der Waals surface area (Å²) in [4.78, 5) is 22.6. The van der Waals surface area contributed by atoms with Gasteiger partial charge in [-0.3, -0.25) is 24.4 Å². The number of rotatable bonds is 76. The van der Waals surface area contributed by atoms with E-state index in [9.17, 15) is 25.2 Å². The number of hydrogen-bond donors (Lipinski definition) is 4. The maximum absolute atomic E-state index is 13.0. The van der Waals surface area contributed by atoms with Crippen LogP contribution in [-0.4, -0.2) is 167 Å². The van der Waals surface area contributed by atoms with E-state index < -0.39 is 12.2 Å². The highest BCUT2D eigenvalue weighted by Gasteiger charge is 2.20. The highest BCUT2D eigenvalue weighted by Crippen LogP contribution is 2.24. The minimum Gasteiger partial charge on any atom is -0.464 e. The molecule has 10 nitrogen and oxygen atoms in total. The van der Waals surface area contributed by atoms with Crippen LogP contribution >= 0.6 is 21.6 Å². The van der Waals surface area contributed by atoms with Gasteiger partial charge in [0.15, 0.2) is 0 Å². The Kier molecular flexibility index (Phi) is 74.6. The van der Waals surface area contributed by atoms with Crippen LogP contribution in [0.25, 0.3) is 0 Å². The molecule has 1 fully saturated rings. The Morgan fingerprint density at radius 2 is 0.620 bits per heavy atom. The molecule has 582 valence electrons. The van der Waals surface area contributed by atoms with Crippen molar-refractivity contribution in [3.63, 3.8) is 0 Å². The van der Waals surface area contributed by atoms with E-state index in [0.29, 0.717) is 52.2 Å². The molecule has 0 aromatic heterocycles. The first-order valence-electron chi connectivity index (χ1n) is 42.4. The molecular weight excluding hydrogens is 1270 g/mol. The largest absolute Gasteiger partial charge is 0.464 e. The molecule has 0 spiro atoms. The molecule has 4 atom stereocenters. The molecule has 0 amide bonds. The second-order valence-corrected chi connectivity index (χ2v) is 31.9. The lowest BCUT2D eigenvalue weighted by molar-refractivity contribution is -0.144. The van der Waals surface area contributed by atoms with Crippen molar-refractivity contribution < 1.29 is 30.0 Å². The monoisotopic (exact) mass is 1440 g/mol. The number of ether oxygens (including phenoxy) is 1. The van der Waals surface area contributed by atoms with E-state index in [4.69, 9.17) is 4.74 Å². The van der Waals surface area contributed by atoms with Crippen molar-refractivity contribution in [1.29, 1.82) is 0 Å². The number of allylic oxidation sites excluding steroid dienone is 16. The van der Waals surface area contributed by atoms with Crippen molar-refractivity contribution in [2.24, 2.45) is 0 Å². The summed E-state index contributed by atoms with van der Waals surface area (Å²) in [6.45, 7) is 19.3. The van der Waals surface area contributed by atoms with Crippen LogP contribution in [0.15, 0.2) is 97.2 Å². The first-order chi connectivity index (χ1) is 49.2. The summed E-state index contributed by atoms with van der Waals surface area (Å²) in [5.74, 6) is 2.07. The molecule has 0 aromatic rings. The van der Waals surface area contributed by atoms with Gasteiger partial charge in [0.25, 0.3) is 0 Å². The molecule has 4 N–H and O–H groups in total. The smallest absolute Gasteiger partial charge is 0.305 e. The zero-order valence-corrected chi connectivity index (χ0v) is 67.4. The SMILES string of the molecule is CCCCC/C=C\C/C=C\CCCCCCC(O)CN(CCCCSSCCN1CCN(CCOC(=O)CCCN(CC(O)CCCCCC/C=C\C/C=C\CCCCC)CC(O)CCCCCC/C=C\C/C=C\CCCCC)CC1)CC(O)CCCCCC/C=C\C/C=C\CCCCC. The quantitative estimate of drug-likeness (QED) is 0.0201. The number of aliphatic hydroxyl groups is 4. The van der Waals surface area contributed by atoms with Gasteiger partial charge in [-0.05, 0) is 186 Å². The number of unbranched alkanes of at least 4 members (excludes halogenated alkanes) is 29. The molecule has 1 rings (SSSR count). The van der Waals surface area contributed by atoms with Crippen LogP contribution in [0.5, 0.6) is 0 Å². The lowest BCUT2D eigenvalue weighted by atomic mass is 10.1. The van der Waals surface area contributed by atoms with Crippen LogP contribution in [0, 0.1) is 0 Å². The lowest BCUT2D eigenvalue weighted by Crippen LogP contribution is -2.47. The Morgan fingerprint density at radius 3 is 0.940 bits per heavy atom. The minimum atomic E-state index is -0.443. The summed E-state index contributed by atoms with van der Waals surface area (Å²) in [6, 6.07) is 0. The number of esters is 1. The molecule has 0 bridgehead atoms. The fourth-order valence-electron chi connectivity index (χ4n) is 13.0. The summed E-state index contributed by atoms with van der Waals surface area (Å²) >= 11 is 0. The normalized spacial score (nSPS) is 15.1. The molecule has 0 radical (unpaired) electrons. The Hall–Kier alpha value is -2.23. The molecule has 12 heteroatoms. The Labute approximate surface area is 627 Å². The predicted octanol–water partition coefficient (Wildman–Crippen LogP) is 22.8. The topological polar surface area (TPSA) is 120 Å². The summed E-state index contributed by atoms with van der Waals surface area (Å²) in [6.07, 6.45) is 89.2. The van der Waals surface area contributed by atoms with Crippen LogP contribution in [0.3, 0.4) is 0 Å². The van der Waals surface area contributed by atoms with Gasteiger partial charge in [-0.1, -0.05) is 275 Å². The van der Waals surface area contributed by atoms with E-state index in [2.05, 4.69) is 145 Å². The van der Waals surface area contributed by atoms with Gasteiger partial charge in [0.2, 0.25) is 0 Å². The summed E-state index contributed by atoms with van der Waals surface area (Å²) in [7, 11) is 3.97. The lowest BCUT2D eigenvalue weighted by Gasteiger charge is -2.34. The van der Waals surface area contributed by atoms with Crippen LogP contribution < -0.4 is 0 Å². The van der Waals surface area contributed by atoms with Crippen molar-refractivity contribution in [1.82, 2.24) is 19.6 Å². The van der Waals surface area contributed by atoms with Crippen molar-refractivity contribution in [2.45, 2.75) is 360 Å². The number of hydrogen-bond acceptors (Lipinski definition) is 12. The molecule has 0 aliphatic carbocycles. The Bertz CT molecular complexity index is 1850. The molecule has 1 aliphatic heterocycles. The average Bonchev–Trinajstić information content (AvgIpc) is 1.08. The number of carbonyl (C=O) groups excluding carboxylic acids is 1. The minimum absolute atomic E-state index is 0.155. The van der Waals surface area contributed by atoms with Gasteiger partial charge in [0.05, 0.1) is 24.4 Å². The van der Waals surface area contributed by atoms with Gasteiger partial charge >= 0.3 is 5.97 Å². The fraction of sp³-hybridized carbons (Fsp3) is 0.807. The second-order valence-electron chi connectivity index (χ2n) is 29.2. The molecule has 1 aliphatic rings. The van der Waals surface area contributed by atoms with Crippen molar-refractivity contribution >= 4 is 27.6 Å².